The monoisotopic (exact) mass is 792 g/mol. The fourth-order valence-corrected chi connectivity index (χ4v) is 6.41. The zero-order valence-electron chi connectivity index (χ0n) is 26.8. The zero-order chi connectivity index (χ0) is 31.5. The summed E-state index contributed by atoms with van der Waals surface area (Å²) in [6, 6.07) is 30.7. The molecule has 4 nitrogen and oxygen atoms in total. The Hall–Kier alpha value is -3.83. The van der Waals surface area contributed by atoms with E-state index < -0.39 is 0 Å². The first-order valence-corrected chi connectivity index (χ1v) is 15.9. The third-order valence-electron chi connectivity index (χ3n) is 7.61. The van der Waals surface area contributed by atoms with Gasteiger partial charge in [0.25, 0.3) is 0 Å². The molecule has 6 aromatic rings. The number of nitrogens with zero attached hydrogens (tertiary/aromatic N) is 2. The van der Waals surface area contributed by atoms with Crippen LogP contribution in [0.5, 0.6) is 0 Å². The fourth-order valence-electron chi connectivity index (χ4n) is 5.59. The van der Waals surface area contributed by atoms with Gasteiger partial charge >= 0.3 is 0 Å². The molecule has 1 radical (unpaired) electrons. The maximum atomic E-state index is 10.0. The maximum Gasteiger partial charge on any atom is 0.155 e. The van der Waals surface area contributed by atoms with Crippen LogP contribution in [-0.2, 0) is 24.9 Å². The number of allylic oxidation sites excluding steroid dienone is 2. The summed E-state index contributed by atoms with van der Waals surface area (Å²) >= 11 is 1.67. The summed E-state index contributed by atoms with van der Waals surface area (Å²) in [6.45, 7) is 14.2. The summed E-state index contributed by atoms with van der Waals surface area (Å²) in [5.74, 6) is 1.59. The van der Waals surface area contributed by atoms with Crippen molar-refractivity contribution in [3.8, 4) is 28.2 Å². The summed E-state index contributed by atoms with van der Waals surface area (Å²) in [4.78, 5) is 15.2. The average Bonchev–Trinajstić information content (AvgIpc) is 3.57. The largest absolute Gasteiger partial charge is 0.512 e. The number of ketones is 1. The van der Waals surface area contributed by atoms with Gasteiger partial charge in [-0.1, -0.05) is 103 Å². The third-order valence-corrected chi connectivity index (χ3v) is 8.49. The van der Waals surface area contributed by atoms with Crippen LogP contribution in [0.4, 0.5) is 0 Å². The minimum absolute atomic E-state index is 0. The second kappa shape index (κ2) is 14.5. The van der Waals surface area contributed by atoms with E-state index in [9.17, 15) is 4.79 Å². The molecule has 2 heterocycles. The zero-order valence-corrected chi connectivity index (χ0v) is 30.0. The Labute approximate surface area is 283 Å². The van der Waals surface area contributed by atoms with E-state index in [2.05, 4.69) is 129 Å². The van der Waals surface area contributed by atoms with Crippen molar-refractivity contribution < 1.29 is 30.0 Å². The minimum atomic E-state index is -0.125. The average molecular weight is 792 g/mol. The van der Waals surface area contributed by atoms with Gasteiger partial charge in [-0.05, 0) is 79.1 Å². The van der Waals surface area contributed by atoms with Crippen molar-refractivity contribution in [3.63, 3.8) is 0 Å². The van der Waals surface area contributed by atoms with Crippen molar-refractivity contribution in [2.45, 2.75) is 60.3 Å². The van der Waals surface area contributed by atoms with Gasteiger partial charge in [0.1, 0.15) is 0 Å². The fraction of sp³-hybridized carbons (Fsp3) is 0.231. The molecule has 0 saturated heterocycles. The Kier molecular flexibility index (Phi) is 11.0. The van der Waals surface area contributed by atoms with Crippen LogP contribution in [0.25, 0.3) is 49.3 Å². The molecule has 0 saturated carbocycles. The van der Waals surface area contributed by atoms with E-state index in [-0.39, 0.29) is 31.6 Å². The van der Waals surface area contributed by atoms with Crippen molar-refractivity contribution in [2.24, 2.45) is 0 Å². The van der Waals surface area contributed by atoms with Gasteiger partial charge in [-0.15, -0.1) is 11.5 Å². The Morgan fingerprint density at radius 3 is 2.07 bits per heavy atom. The molecule has 0 amide bonds. The van der Waals surface area contributed by atoms with Crippen LogP contribution in [0.1, 0.15) is 70.1 Å². The summed E-state index contributed by atoms with van der Waals surface area (Å²) in [5, 5.41) is 13.2. The molecule has 2 aromatic heterocycles. The van der Waals surface area contributed by atoms with Gasteiger partial charge in [0.15, 0.2) is 5.78 Å². The number of para-hydroxylation sites is 2. The molecule has 0 unspecified atom stereocenters. The summed E-state index contributed by atoms with van der Waals surface area (Å²) in [6.07, 6.45) is 1.17. The van der Waals surface area contributed by atoms with Gasteiger partial charge in [0.05, 0.1) is 22.6 Å². The molecule has 6 rings (SSSR count). The van der Waals surface area contributed by atoms with Gasteiger partial charge in [-0.25, -0.2) is 0 Å². The first-order chi connectivity index (χ1) is 21.0. The number of hydrogen-bond donors (Lipinski definition) is 1. The van der Waals surface area contributed by atoms with Gasteiger partial charge in [-0.3, -0.25) is 21.1 Å². The summed E-state index contributed by atoms with van der Waals surface area (Å²) in [7, 11) is 0. The molecule has 0 aliphatic heterocycles. The second-order valence-corrected chi connectivity index (χ2v) is 12.8. The molecule has 0 fully saturated rings. The number of carbonyl (C=O) groups is 1. The number of rotatable bonds is 6. The van der Waals surface area contributed by atoms with Crippen molar-refractivity contribution in [3.05, 3.63) is 119 Å². The molecular weight excluding hydrogens is 753 g/mol. The smallest absolute Gasteiger partial charge is 0.155 e. The Morgan fingerprint density at radius 2 is 1.49 bits per heavy atom. The van der Waals surface area contributed by atoms with E-state index in [0.29, 0.717) is 11.8 Å². The topological polar surface area (TPSA) is 55.1 Å². The molecule has 233 valence electrons. The molecule has 0 spiro atoms. The quantitative estimate of drug-likeness (QED) is 0.104. The number of fused-ring (bicyclic) bond motifs is 2. The summed E-state index contributed by atoms with van der Waals surface area (Å²) in [5.41, 5.74) is 10.9. The van der Waals surface area contributed by atoms with Crippen LogP contribution in [0.3, 0.4) is 0 Å². The standard InChI is InChI=1S/C34H31N2S.C5H8O2.Ir/c1-21(2)26-18-25(24-11-7-6-8-12-24)19-27(22(3)4)33(26)36-31-14-10-9-13-30(31)35-34(36)29-20-37-32-16-15-23(5)17-28(29)32;1-4(6)3-5(2)7;/h6-19,21-22H,1-5H3;3,6H,1-2H3;/q-1;;/b;4-3-;. The van der Waals surface area contributed by atoms with Crippen LogP contribution >= 0.6 is 11.3 Å². The molecule has 0 bridgehead atoms. The van der Waals surface area contributed by atoms with Gasteiger partial charge in [0, 0.05) is 31.9 Å². The molecule has 0 atom stereocenters. The Bertz CT molecular complexity index is 1950. The Morgan fingerprint density at radius 1 is 0.867 bits per heavy atom. The maximum absolute atomic E-state index is 10.0. The third kappa shape index (κ3) is 7.36. The number of imidazole rings is 1. The van der Waals surface area contributed by atoms with Crippen LogP contribution in [0.2, 0.25) is 0 Å². The van der Waals surface area contributed by atoms with Crippen LogP contribution in [-0.4, -0.2) is 20.4 Å². The first kappa shape index (κ1) is 34.1. The number of aliphatic hydroxyl groups excluding tert-OH is 1. The number of hydrogen-bond acceptors (Lipinski definition) is 4. The van der Waals surface area contributed by atoms with E-state index in [1.54, 1.807) is 11.3 Å². The molecule has 0 aliphatic carbocycles. The van der Waals surface area contributed by atoms with E-state index >= 15 is 0 Å². The Balaban J connectivity index is 0.000000519. The van der Waals surface area contributed by atoms with Crippen molar-refractivity contribution in [1.29, 1.82) is 0 Å². The van der Waals surface area contributed by atoms with E-state index in [0.717, 1.165) is 22.4 Å². The molecular formula is C39H39IrN2O2S-. The number of aryl methyl sites for hydroxylation is 1. The molecule has 4 aromatic carbocycles. The predicted molar refractivity (Wildman–Crippen MR) is 186 cm³/mol. The van der Waals surface area contributed by atoms with Crippen molar-refractivity contribution in [2.75, 3.05) is 0 Å². The van der Waals surface area contributed by atoms with E-state index in [1.165, 1.54) is 63.5 Å². The van der Waals surface area contributed by atoms with E-state index in [1.807, 2.05) is 0 Å². The predicted octanol–water partition coefficient (Wildman–Crippen LogP) is 11.0. The molecule has 0 aliphatic rings. The van der Waals surface area contributed by atoms with Crippen LogP contribution in [0.15, 0.2) is 96.8 Å². The van der Waals surface area contributed by atoms with Gasteiger partial charge < -0.3 is 9.67 Å². The first-order valence-electron chi connectivity index (χ1n) is 15.0. The van der Waals surface area contributed by atoms with E-state index in [4.69, 9.17) is 10.1 Å². The van der Waals surface area contributed by atoms with Crippen molar-refractivity contribution in [1.82, 2.24) is 9.55 Å². The summed E-state index contributed by atoms with van der Waals surface area (Å²) < 4.78 is 3.65. The molecule has 45 heavy (non-hydrogen) atoms. The SMILES string of the molecule is CC(=O)/C=C(/C)O.Cc1ccc2s[c-]c(-c3nc4ccccc4n3-c3c(C(C)C)cc(-c4ccccc4)cc3C(C)C)c2c1.[Ir]. The second-order valence-electron chi connectivity index (χ2n) is 11.9. The van der Waals surface area contributed by atoms with Crippen molar-refractivity contribution >= 4 is 38.2 Å². The molecule has 1 N–H and O–H groups in total. The molecule has 6 heteroatoms. The number of carbonyl (C=O) groups excluding carboxylic acids is 1. The normalized spacial score (nSPS) is 11.5. The minimum Gasteiger partial charge on any atom is -0.512 e. The van der Waals surface area contributed by atoms with Crippen LogP contribution in [0, 0.1) is 12.3 Å². The number of aliphatic hydroxyl groups is 1. The van der Waals surface area contributed by atoms with Crippen LogP contribution < -0.4 is 0 Å². The van der Waals surface area contributed by atoms with Gasteiger partial charge in [-0.2, -0.15) is 0 Å². The number of aromatic nitrogens is 2. The number of benzene rings is 4. The van der Waals surface area contributed by atoms with Gasteiger partial charge in [0.2, 0.25) is 0 Å². The number of thiophene rings is 1.